The predicted octanol–water partition coefficient (Wildman–Crippen LogP) is 0.838. The highest BCUT2D eigenvalue weighted by Crippen LogP contribution is 2.14. The second-order valence-electron chi connectivity index (χ2n) is 6.06. The van der Waals surface area contributed by atoms with Crippen molar-refractivity contribution in [3.63, 3.8) is 0 Å². The zero-order valence-electron chi connectivity index (χ0n) is 13.8. The molecule has 1 saturated heterocycles. The molecule has 2 aromatic rings. The number of hydrogen-bond acceptors (Lipinski definition) is 7. The van der Waals surface area contributed by atoms with Crippen LogP contribution in [0.5, 0.6) is 0 Å². The van der Waals surface area contributed by atoms with Crippen molar-refractivity contribution >= 4 is 5.82 Å². The quantitative estimate of drug-likeness (QED) is 0.826. The average molecular weight is 318 g/mol. The number of aromatic nitrogens is 4. The lowest BCUT2D eigenvalue weighted by Crippen LogP contribution is -2.46. The summed E-state index contributed by atoms with van der Waals surface area (Å²) in [5, 5.41) is 8.42. The van der Waals surface area contributed by atoms with Gasteiger partial charge < -0.3 is 9.42 Å². The summed E-state index contributed by atoms with van der Waals surface area (Å²) in [5.74, 6) is 2.18. The molecule has 8 heteroatoms. The molecule has 0 atom stereocenters. The van der Waals surface area contributed by atoms with Gasteiger partial charge in [-0.05, 0) is 19.9 Å². The van der Waals surface area contributed by atoms with Crippen molar-refractivity contribution in [2.75, 3.05) is 31.1 Å². The van der Waals surface area contributed by atoms with Crippen molar-refractivity contribution in [1.29, 1.82) is 0 Å². The number of aryl methyl sites for hydroxylation is 1. The SMILES string of the molecule is Cc1nc(CN2CCN(c3ccc(=O)n(C(C)C)n3)CC2)no1. The molecule has 0 aromatic carbocycles. The van der Waals surface area contributed by atoms with Crippen LogP contribution in [0, 0.1) is 6.92 Å². The van der Waals surface area contributed by atoms with E-state index in [9.17, 15) is 4.79 Å². The van der Waals surface area contributed by atoms with Crippen LogP contribution < -0.4 is 10.5 Å². The molecule has 8 nitrogen and oxygen atoms in total. The smallest absolute Gasteiger partial charge is 0.267 e. The summed E-state index contributed by atoms with van der Waals surface area (Å²) in [6, 6.07) is 3.46. The van der Waals surface area contributed by atoms with Gasteiger partial charge in [0.1, 0.15) is 5.82 Å². The molecule has 1 aliphatic rings. The predicted molar refractivity (Wildman–Crippen MR) is 85.4 cm³/mol. The van der Waals surface area contributed by atoms with Crippen LogP contribution in [-0.4, -0.2) is 51.0 Å². The monoisotopic (exact) mass is 318 g/mol. The van der Waals surface area contributed by atoms with E-state index < -0.39 is 0 Å². The minimum Gasteiger partial charge on any atom is -0.353 e. The van der Waals surface area contributed by atoms with Gasteiger partial charge in [-0.2, -0.15) is 10.1 Å². The van der Waals surface area contributed by atoms with Gasteiger partial charge in [0.15, 0.2) is 5.82 Å². The third-order valence-corrected chi connectivity index (χ3v) is 3.93. The molecule has 0 saturated carbocycles. The third-order valence-electron chi connectivity index (χ3n) is 3.93. The largest absolute Gasteiger partial charge is 0.353 e. The van der Waals surface area contributed by atoms with E-state index in [1.54, 1.807) is 19.1 Å². The van der Waals surface area contributed by atoms with Crippen molar-refractivity contribution in [2.24, 2.45) is 0 Å². The summed E-state index contributed by atoms with van der Waals surface area (Å²) < 4.78 is 6.53. The Bertz CT molecular complexity index is 715. The van der Waals surface area contributed by atoms with Gasteiger partial charge in [0.05, 0.1) is 12.6 Å². The van der Waals surface area contributed by atoms with Gasteiger partial charge in [0.2, 0.25) is 5.89 Å². The summed E-state index contributed by atoms with van der Waals surface area (Å²) >= 11 is 0. The molecule has 0 spiro atoms. The van der Waals surface area contributed by atoms with Crippen LogP contribution in [0.15, 0.2) is 21.5 Å². The van der Waals surface area contributed by atoms with E-state index in [4.69, 9.17) is 4.52 Å². The lowest BCUT2D eigenvalue weighted by Gasteiger charge is -2.34. The van der Waals surface area contributed by atoms with E-state index in [1.807, 2.05) is 13.8 Å². The summed E-state index contributed by atoms with van der Waals surface area (Å²) in [5.41, 5.74) is -0.0603. The molecule has 23 heavy (non-hydrogen) atoms. The van der Waals surface area contributed by atoms with Gasteiger partial charge in [-0.25, -0.2) is 4.68 Å². The van der Waals surface area contributed by atoms with Gasteiger partial charge in [-0.1, -0.05) is 5.16 Å². The molecule has 0 amide bonds. The fourth-order valence-corrected chi connectivity index (χ4v) is 2.69. The molecule has 0 bridgehead atoms. The Hall–Kier alpha value is -2.22. The molecule has 1 aliphatic heterocycles. The molecular weight excluding hydrogens is 296 g/mol. The van der Waals surface area contributed by atoms with E-state index >= 15 is 0 Å². The van der Waals surface area contributed by atoms with Crippen molar-refractivity contribution in [1.82, 2.24) is 24.8 Å². The minimum absolute atomic E-state index is 0.0603. The van der Waals surface area contributed by atoms with Crippen LogP contribution in [0.2, 0.25) is 0 Å². The number of piperazine rings is 1. The Balaban J connectivity index is 1.62. The fourth-order valence-electron chi connectivity index (χ4n) is 2.69. The highest BCUT2D eigenvalue weighted by Gasteiger charge is 2.20. The first-order valence-electron chi connectivity index (χ1n) is 7.89. The van der Waals surface area contributed by atoms with Crippen LogP contribution >= 0.6 is 0 Å². The Morgan fingerprint density at radius 2 is 1.96 bits per heavy atom. The number of hydrogen-bond donors (Lipinski definition) is 0. The Morgan fingerprint density at radius 3 is 2.57 bits per heavy atom. The second kappa shape index (κ2) is 6.49. The third kappa shape index (κ3) is 3.58. The summed E-state index contributed by atoms with van der Waals surface area (Å²) in [4.78, 5) is 20.5. The Kier molecular flexibility index (Phi) is 4.42. The average Bonchev–Trinajstić information content (AvgIpc) is 2.93. The molecule has 2 aromatic heterocycles. The van der Waals surface area contributed by atoms with E-state index in [-0.39, 0.29) is 11.6 Å². The van der Waals surface area contributed by atoms with Crippen molar-refractivity contribution in [3.8, 4) is 0 Å². The van der Waals surface area contributed by atoms with Gasteiger partial charge in [-0.15, -0.1) is 0 Å². The molecule has 0 radical (unpaired) electrons. The first-order valence-corrected chi connectivity index (χ1v) is 7.89. The van der Waals surface area contributed by atoms with Crippen molar-refractivity contribution in [3.05, 3.63) is 34.2 Å². The molecule has 1 fully saturated rings. The van der Waals surface area contributed by atoms with Crippen LogP contribution in [-0.2, 0) is 6.54 Å². The topological polar surface area (TPSA) is 80.3 Å². The van der Waals surface area contributed by atoms with Crippen LogP contribution in [0.4, 0.5) is 5.82 Å². The van der Waals surface area contributed by atoms with Crippen LogP contribution in [0.1, 0.15) is 31.6 Å². The first-order chi connectivity index (χ1) is 11.0. The van der Waals surface area contributed by atoms with Gasteiger partial charge in [0.25, 0.3) is 5.56 Å². The van der Waals surface area contributed by atoms with Crippen molar-refractivity contribution < 1.29 is 4.52 Å². The molecule has 0 aliphatic carbocycles. The Labute approximate surface area is 134 Å². The van der Waals surface area contributed by atoms with Crippen LogP contribution in [0.25, 0.3) is 0 Å². The van der Waals surface area contributed by atoms with E-state index in [2.05, 4.69) is 25.0 Å². The van der Waals surface area contributed by atoms with E-state index in [0.717, 1.165) is 37.8 Å². The Morgan fingerprint density at radius 1 is 1.22 bits per heavy atom. The zero-order chi connectivity index (χ0) is 16.4. The molecule has 3 heterocycles. The second-order valence-corrected chi connectivity index (χ2v) is 6.06. The highest BCUT2D eigenvalue weighted by atomic mass is 16.5. The van der Waals surface area contributed by atoms with E-state index in [1.165, 1.54) is 4.68 Å². The van der Waals surface area contributed by atoms with Crippen LogP contribution in [0.3, 0.4) is 0 Å². The normalized spacial score (nSPS) is 16.3. The molecular formula is C15H22N6O2. The molecule has 0 N–H and O–H groups in total. The first kappa shape index (κ1) is 15.7. The maximum absolute atomic E-state index is 11.8. The number of rotatable bonds is 4. The lowest BCUT2D eigenvalue weighted by atomic mass is 10.3. The molecule has 3 rings (SSSR count). The van der Waals surface area contributed by atoms with Crippen molar-refractivity contribution in [2.45, 2.75) is 33.4 Å². The van der Waals surface area contributed by atoms with E-state index in [0.29, 0.717) is 12.4 Å². The summed E-state index contributed by atoms with van der Waals surface area (Å²) in [7, 11) is 0. The minimum atomic E-state index is -0.0603. The standard InChI is InChI=1S/C15H22N6O2/c1-11(2)21-15(22)5-4-14(17-21)20-8-6-19(7-9-20)10-13-16-12(3)23-18-13/h4-5,11H,6-10H2,1-3H3. The maximum atomic E-state index is 11.8. The molecule has 124 valence electrons. The summed E-state index contributed by atoms with van der Waals surface area (Å²) in [6.45, 7) is 9.94. The maximum Gasteiger partial charge on any atom is 0.267 e. The fraction of sp³-hybridized carbons (Fsp3) is 0.600. The van der Waals surface area contributed by atoms with Gasteiger partial charge in [-0.3, -0.25) is 9.69 Å². The summed E-state index contributed by atoms with van der Waals surface area (Å²) in [6.07, 6.45) is 0. The van der Waals surface area contributed by atoms with Gasteiger partial charge in [0, 0.05) is 39.2 Å². The number of nitrogens with zero attached hydrogens (tertiary/aromatic N) is 6. The molecule has 0 unspecified atom stereocenters. The lowest BCUT2D eigenvalue weighted by molar-refractivity contribution is 0.239. The van der Waals surface area contributed by atoms with Gasteiger partial charge >= 0.3 is 0 Å². The highest BCUT2D eigenvalue weighted by molar-refractivity contribution is 5.37. The number of anilines is 1. The zero-order valence-corrected chi connectivity index (χ0v) is 13.8.